The summed E-state index contributed by atoms with van der Waals surface area (Å²) in [5, 5.41) is 5.49. The third kappa shape index (κ3) is 3.11. The fraction of sp³-hybridized carbons (Fsp3) is 0.150. The van der Waals surface area contributed by atoms with Crippen molar-refractivity contribution in [2.75, 3.05) is 16.8 Å². The monoisotopic (exact) mass is 363 g/mol. The lowest BCUT2D eigenvalue weighted by Crippen LogP contribution is -2.25. The number of hydrogen-bond acceptors (Lipinski definition) is 4. The largest absolute Gasteiger partial charge is 0.321 e. The molecular weight excluding hydrogens is 346 g/mol. The van der Waals surface area contributed by atoms with Gasteiger partial charge < -0.3 is 10.2 Å². The average Bonchev–Trinajstić information content (AvgIpc) is 3.29. The molecule has 0 saturated heterocycles. The molecule has 1 N–H and O–H groups in total. The molecule has 1 aromatic heterocycles. The Balaban J connectivity index is 1.51. The molecule has 4 rings (SSSR count). The maximum atomic E-state index is 12.5. The van der Waals surface area contributed by atoms with Crippen LogP contribution in [-0.2, 0) is 11.2 Å². The summed E-state index contributed by atoms with van der Waals surface area (Å²) < 4.78 is 0. The van der Waals surface area contributed by atoms with Crippen LogP contribution in [0.15, 0.2) is 53.9 Å². The van der Waals surface area contributed by atoms with Crippen molar-refractivity contribution in [3.8, 4) is 10.6 Å². The van der Waals surface area contributed by atoms with Crippen molar-refractivity contribution in [2.45, 2.75) is 13.3 Å². The number of nitrogens with zero attached hydrogens (tertiary/aromatic N) is 2. The van der Waals surface area contributed by atoms with Crippen LogP contribution in [0.2, 0.25) is 0 Å². The fourth-order valence-electron chi connectivity index (χ4n) is 3.09. The predicted molar refractivity (Wildman–Crippen MR) is 104 cm³/mol. The summed E-state index contributed by atoms with van der Waals surface area (Å²) in [7, 11) is 0. The number of thiazole rings is 1. The third-order valence-electron chi connectivity index (χ3n) is 4.37. The van der Waals surface area contributed by atoms with Crippen LogP contribution in [0.3, 0.4) is 0 Å². The number of aromatic nitrogens is 1. The number of anilines is 2. The van der Waals surface area contributed by atoms with Gasteiger partial charge >= 0.3 is 0 Å². The van der Waals surface area contributed by atoms with Crippen LogP contribution in [0.4, 0.5) is 11.4 Å². The second-order valence-electron chi connectivity index (χ2n) is 6.12. The molecule has 1 aliphatic rings. The van der Waals surface area contributed by atoms with Crippen LogP contribution in [0.25, 0.3) is 10.6 Å². The van der Waals surface area contributed by atoms with Gasteiger partial charge in [-0.05, 0) is 30.2 Å². The van der Waals surface area contributed by atoms with E-state index in [2.05, 4.69) is 10.3 Å². The number of amides is 2. The lowest BCUT2D eigenvalue weighted by atomic mass is 10.1. The van der Waals surface area contributed by atoms with Gasteiger partial charge in [-0.1, -0.05) is 30.3 Å². The quantitative estimate of drug-likeness (QED) is 0.766. The molecule has 0 saturated carbocycles. The summed E-state index contributed by atoms with van der Waals surface area (Å²) in [6.07, 6.45) is 0.799. The highest BCUT2D eigenvalue weighted by atomic mass is 32.1. The van der Waals surface area contributed by atoms with Crippen molar-refractivity contribution in [3.05, 3.63) is 65.2 Å². The maximum absolute atomic E-state index is 12.5. The summed E-state index contributed by atoms with van der Waals surface area (Å²) in [5.41, 5.74) is 4.11. The third-order valence-corrected chi connectivity index (χ3v) is 5.26. The SMILES string of the molecule is CC(=O)N1CCc2cc(NC(=O)c3csc(-c4ccccc4)n3)ccc21. The zero-order valence-electron chi connectivity index (χ0n) is 14.2. The van der Waals surface area contributed by atoms with Crippen LogP contribution in [-0.4, -0.2) is 23.3 Å². The molecule has 1 aliphatic heterocycles. The first kappa shape index (κ1) is 16.5. The van der Waals surface area contributed by atoms with Crippen LogP contribution in [0, 0.1) is 0 Å². The van der Waals surface area contributed by atoms with Gasteiger partial charge in [-0.25, -0.2) is 4.98 Å². The van der Waals surface area contributed by atoms with E-state index in [1.807, 2.05) is 48.5 Å². The minimum atomic E-state index is -0.232. The van der Waals surface area contributed by atoms with E-state index in [0.717, 1.165) is 28.2 Å². The van der Waals surface area contributed by atoms with Gasteiger partial charge in [0.05, 0.1) is 0 Å². The van der Waals surface area contributed by atoms with Gasteiger partial charge in [-0.2, -0.15) is 0 Å². The summed E-state index contributed by atoms with van der Waals surface area (Å²) >= 11 is 1.45. The normalized spacial score (nSPS) is 12.7. The maximum Gasteiger partial charge on any atom is 0.275 e. The van der Waals surface area contributed by atoms with E-state index in [0.29, 0.717) is 17.9 Å². The second-order valence-corrected chi connectivity index (χ2v) is 6.98. The van der Waals surface area contributed by atoms with Crippen molar-refractivity contribution in [1.82, 2.24) is 4.98 Å². The highest BCUT2D eigenvalue weighted by molar-refractivity contribution is 7.13. The van der Waals surface area contributed by atoms with Crippen molar-refractivity contribution in [3.63, 3.8) is 0 Å². The molecule has 0 aliphatic carbocycles. The number of rotatable bonds is 3. The second kappa shape index (κ2) is 6.72. The van der Waals surface area contributed by atoms with Crippen LogP contribution in [0.5, 0.6) is 0 Å². The Labute approximate surface area is 155 Å². The van der Waals surface area contributed by atoms with Gasteiger partial charge in [-0.3, -0.25) is 9.59 Å². The molecule has 5 nitrogen and oxygen atoms in total. The van der Waals surface area contributed by atoms with Crippen LogP contribution >= 0.6 is 11.3 Å². The van der Waals surface area contributed by atoms with Crippen molar-refractivity contribution in [1.29, 1.82) is 0 Å². The molecule has 2 amide bonds. The number of benzene rings is 2. The molecule has 130 valence electrons. The topological polar surface area (TPSA) is 62.3 Å². The summed E-state index contributed by atoms with van der Waals surface area (Å²) in [6.45, 7) is 2.26. The summed E-state index contributed by atoms with van der Waals surface area (Å²) in [6, 6.07) is 15.4. The Bertz CT molecular complexity index is 982. The van der Waals surface area contributed by atoms with Gasteiger partial charge in [-0.15, -0.1) is 11.3 Å². The molecule has 0 atom stereocenters. The Morgan fingerprint density at radius 1 is 1.15 bits per heavy atom. The van der Waals surface area contributed by atoms with E-state index >= 15 is 0 Å². The minimum absolute atomic E-state index is 0.0384. The first-order chi connectivity index (χ1) is 12.6. The van der Waals surface area contributed by atoms with E-state index < -0.39 is 0 Å². The first-order valence-electron chi connectivity index (χ1n) is 8.35. The lowest BCUT2D eigenvalue weighted by Gasteiger charge is -2.14. The molecule has 0 radical (unpaired) electrons. The summed E-state index contributed by atoms with van der Waals surface area (Å²) in [4.78, 5) is 30.3. The molecule has 0 unspecified atom stereocenters. The van der Waals surface area contributed by atoms with Crippen LogP contribution in [0.1, 0.15) is 23.0 Å². The van der Waals surface area contributed by atoms with Gasteiger partial charge in [0.25, 0.3) is 5.91 Å². The van der Waals surface area contributed by atoms with Crippen molar-refractivity contribution < 1.29 is 9.59 Å². The molecule has 3 aromatic rings. The molecule has 6 heteroatoms. The Morgan fingerprint density at radius 2 is 1.96 bits per heavy atom. The predicted octanol–water partition coefficient (Wildman–Crippen LogP) is 3.97. The molecule has 0 bridgehead atoms. The smallest absolute Gasteiger partial charge is 0.275 e. The molecule has 2 aromatic carbocycles. The number of hydrogen-bond donors (Lipinski definition) is 1. The van der Waals surface area contributed by atoms with Gasteiger partial charge in [0.15, 0.2) is 0 Å². The van der Waals surface area contributed by atoms with E-state index in [9.17, 15) is 9.59 Å². The number of carbonyl (C=O) groups excluding carboxylic acids is 2. The van der Waals surface area contributed by atoms with Crippen molar-refractivity contribution >= 4 is 34.5 Å². The Hall–Kier alpha value is -2.99. The summed E-state index contributed by atoms with van der Waals surface area (Å²) in [5.74, 6) is -0.193. The van der Waals surface area contributed by atoms with Crippen LogP contribution < -0.4 is 10.2 Å². The van der Waals surface area contributed by atoms with E-state index in [1.165, 1.54) is 11.3 Å². The van der Waals surface area contributed by atoms with Gasteiger partial charge in [0, 0.05) is 35.8 Å². The zero-order chi connectivity index (χ0) is 18.1. The lowest BCUT2D eigenvalue weighted by molar-refractivity contribution is -0.116. The number of nitrogens with one attached hydrogen (secondary N) is 1. The van der Waals surface area contributed by atoms with Crippen molar-refractivity contribution in [2.24, 2.45) is 0 Å². The molecule has 0 fully saturated rings. The number of carbonyl (C=O) groups is 2. The molecule has 2 heterocycles. The average molecular weight is 363 g/mol. The zero-order valence-corrected chi connectivity index (χ0v) is 15.0. The fourth-order valence-corrected chi connectivity index (χ4v) is 3.90. The van der Waals surface area contributed by atoms with Gasteiger partial charge in [0.2, 0.25) is 5.91 Å². The first-order valence-corrected chi connectivity index (χ1v) is 9.23. The van der Waals surface area contributed by atoms with Gasteiger partial charge in [0.1, 0.15) is 10.7 Å². The highest BCUT2D eigenvalue weighted by Crippen LogP contribution is 2.31. The van der Waals surface area contributed by atoms with E-state index in [4.69, 9.17) is 0 Å². The molecule has 0 spiro atoms. The standard InChI is InChI=1S/C20H17N3O2S/c1-13(24)23-10-9-15-11-16(7-8-18(15)23)21-19(25)17-12-26-20(22-17)14-5-3-2-4-6-14/h2-8,11-12H,9-10H2,1H3,(H,21,25). The van der Waals surface area contributed by atoms with E-state index in [1.54, 1.807) is 17.2 Å². The Kier molecular flexibility index (Phi) is 4.26. The highest BCUT2D eigenvalue weighted by Gasteiger charge is 2.22. The molecule has 26 heavy (non-hydrogen) atoms. The Morgan fingerprint density at radius 3 is 2.73 bits per heavy atom. The number of fused-ring (bicyclic) bond motifs is 1. The van der Waals surface area contributed by atoms with E-state index in [-0.39, 0.29) is 11.8 Å². The molecular formula is C20H17N3O2S. The minimum Gasteiger partial charge on any atom is -0.321 e.